The number of nitrogens with zero attached hydrogens (tertiary/aromatic N) is 1. The Morgan fingerprint density at radius 2 is 1.68 bits per heavy atom. The third-order valence-electron chi connectivity index (χ3n) is 3.84. The Balaban J connectivity index is 1.86. The summed E-state index contributed by atoms with van der Waals surface area (Å²) in [7, 11) is 0. The lowest BCUT2D eigenvalue weighted by Gasteiger charge is -2.19. The first-order chi connectivity index (χ1) is 11.8. The van der Waals surface area contributed by atoms with Crippen LogP contribution in [0.4, 0.5) is 11.4 Å². The fraction of sp³-hybridized carbons (Fsp3) is 0.316. The number of carbonyl (C=O) groups excluding carboxylic acids is 1. The third-order valence-corrected chi connectivity index (χ3v) is 3.84. The van der Waals surface area contributed by atoms with Gasteiger partial charge in [0.25, 0.3) is 11.6 Å². The molecule has 1 amide bonds. The van der Waals surface area contributed by atoms with E-state index in [0.29, 0.717) is 24.3 Å². The lowest BCUT2D eigenvalue weighted by atomic mass is 9.87. The average Bonchev–Trinajstić information content (AvgIpc) is 2.58. The maximum absolute atomic E-state index is 12.1. The normalized spacial score (nSPS) is 11.0. The molecule has 6 heteroatoms. The highest BCUT2D eigenvalue weighted by Gasteiger charge is 2.14. The summed E-state index contributed by atoms with van der Waals surface area (Å²) in [4.78, 5) is 22.7. The second kappa shape index (κ2) is 7.79. The maximum atomic E-state index is 12.1. The van der Waals surface area contributed by atoms with Crippen molar-refractivity contribution in [2.24, 2.45) is 0 Å². The van der Waals surface area contributed by atoms with Gasteiger partial charge in [-0.05, 0) is 29.2 Å². The van der Waals surface area contributed by atoms with E-state index in [0.717, 1.165) is 0 Å². The van der Waals surface area contributed by atoms with Crippen LogP contribution in [-0.4, -0.2) is 23.9 Å². The molecule has 0 radical (unpaired) electrons. The van der Waals surface area contributed by atoms with Gasteiger partial charge in [0.2, 0.25) is 0 Å². The van der Waals surface area contributed by atoms with E-state index in [1.54, 1.807) is 18.2 Å². The lowest BCUT2D eigenvalue weighted by Crippen LogP contribution is -2.29. The minimum Gasteiger partial charge on any atom is -0.378 e. The van der Waals surface area contributed by atoms with Crippen LogP contribution in [0.1, 0.15) is 36.7 Å². The van der Waals surface area contributed by atoms with Crippen LogP contribution < -0.4 is 10.6 Å². The molecule has 0 aliphatic carbocycles. The van der Waals surface area contributed by atoms with Crippen LogP contribution in [0.15, 0.2) is 48.5 Å². The molecule has 0 unspecified atom stereocenters. The summed E-state index contributed by atoms with van der Waals surface area (Å²) >= 11 is 0. The fourth-order valence-electron chi connectivity index (χ4n) is 2.38. The SMILES string of the molecule is CC(C)(C)c1ccc(C(=O)NCCNc2ccccc2[N+](=O)[O-])cc1. The number of nitro groups is 1. The van der Waals surface area contributed by atoms with Crippen molar-refractivity contribution in [2.45, 2.75) is 26.2 Å². The van der Waals surface area contributed by atoms with E-state index in [4.69, 9.17) is 0 Å². The van der Waals surface area contributed by atoms with Crippen LogP contribution in [0.3, 0.4) is 0 Å². The quantitative estimate of drug-likeness (QED) is 0.476. The van der Waals surface area contributed by atoms with Gasteiger partial charge in [0, 0.05) is 24.7 Å². The van der Waals surface area contributed by atoms with Crippen LogP contribution in [0, 0.1) is 10.1 Å². The van der Waals surface area contributed by atoms with Crippen molar-refractivity contribution in [2.75, 3.05) is 18.4 Å². The molecule has 6 nitrogen and oxygen atoms in total. The predicted octanol–water partition coefficient (Wildman–Crippen LogP) is 3.73. The first-order valence-electron chi connectivity index (χ1n) is 8.15. The number of carbonyl (C=O) groups is 1. The summed E-state index contributed by atoms with van der Waals surface area (Å²) < 4.78 is 0. The standard InChI is InChI=1S/C19H23N3O3/c1-19(2,3)15-10-8-14(9-11-15)18(23)21-13-12-20-16-6-4-5-7-17(16)22(24)25/h4-11,20H,12-13H2,1-3H3,(H,21,23). The monoisotopic (exact) mass is 341 g/mol. The highest BCUT2D eigenvalue weighted by Crippen LogP contribution is 2.23. The van der Waals surface area contributed by atoms with Gasteiger partial charge in [0.15, 0.2) is 0 Å². The minimum absolute atomic E-state index is 0.0200. The van der Waals surface area contributed by atoms with Gasteiger partial charge in [-0.25, -0.2) is 0 Å². The molecule has 0 aliphatic rings. The molecule has 25 heavy (non-hydrogen) atoms. The van der Waals surface area contributed by atoms with Crippen molar-refractivity contribution in [3.05, 3.63) is 69.8 Å². The third kappa shape index (κ3) is 5.04. The van der Waals surface area contributed by atoms with Gasteiger partial charge in [-0.2, -0.15) is 0 Å². The summed E-state index contributed by atoms with van der Waals surface area (Å²) in [6.07, 6.45) is 0. The summed E-state index contributed by atoms with van der Waals surface area (Å²) in [5, 5.41) is 16.7. The highest BCUT2D eigenvalue weighted by atomic mass is 16.6. The maximum Gasteiger partial charge on any atom is 0.292 e. The van der Waals surface area contributed by atoms with Crippen molar-refractivity contribution in [3.63, 3.8) is 0 Å². The second-order valence-corrected chi connectivity index (χ2v) is 6.78. The number of nitrogens with one attached hydrogen (secondary N) is 2. The predicted molar refractivity (Wildman–Crippen MR) is 99.1 cm³/mol. The molecule has 0 atom stereocenters. The summed E-state index contributed by atoms with van der Waals surface area (Å²) in [6.45, 7) is 7.13. The molecule has 0 saturated carbocycles. The van der Waals surface area contributed by atoms with Gasteiger partial charge in [-0.3, -0.25) is 14.9 Å². The first-order valence-corrected chi connectivity index (χ1v) is 8.15. The molecule has 0 spiro atoms. The van der Waals surface area contributed by atoms with E-state index in [-0.39, 0.29) is 17.0 Å². The topological polar surface area (TPSA) is 84.3 Å². The van der Waals surface area contributed by atoms with Crippen LogP contribution in [-0.2, 0) is 5.41 Å². The summed E-state index contributed by atoms with van der Waals surface area (Å²) in [5.41, 5.74) is 2.27. The van der Waals surface area contributed by atoms with E-state index in [1.165, 1.54) is 11.6 Å². The number of anilines is 1. The molecule has 0 heterocycles. The highest BCUT2D eigenvalue weighted by molar-refractivity contribution is 5.94. The van der Waals surface area contributed by atoms with Crippen molar-refractivity contribution in [1.29, 1.82) is 0 Å². The molecule has 0 aromatic heterocycles. The van der Waals surface area contributed by atoms with E-state index in [9.17, 15) is 14.9 Å². The minimum atomic E-state index is -0.433. The number of nitro benzene ring substituents is 1. The zero-order chi connectivity index (χ0) is 18.4. The van der Waals surface area contributed by atoms with Crippen LogP contribution >= 0.6 is 0 Å². The Kier molecular flexibility index (Phi) is 5.75. The first kappa shape index (κ1) is 18.4. The van der Waals surface area contributed by atoms with Gasteiger partial charge in [0.1, 0.15) is 5.69 Å². The number of amides is 1. The van der Waals surface area contributed by atoms with Crippen molar-refractivity contribution in [3.8, 4) is 0 Å². The summed E-state index contributed by atoms with van der Waals surface area (Å²) in [5.74, 6) is -0.162. The Morgan fingerprint density at radius 3 is 2.28 bits per heavy atom. The molecular weight excluding hydrogens is 318 g/mol. The van der Waals surface area contributed by atoms with Gasteiger partial charge in [0.05, 0.1) is 4.92 Å². The Morgan fingerprint density at radius 1 is 1.04 bits per heavy atom. The number of hydrogen-bond acceptors (Lipinski definition) is 4. The Labute approximate surface area is 147 Å². The smallest absolute Gasteiger partial charge is 0.292 e. The Hall–Kier alpha value is -2.89. The number of para-hydroxylation sites is 2. The Bertz CT molecular complexity index is 749. The number of benzene rings is 2. The zero-order valence-corrected chi connectivity index (χ0v) is 14.7. The molecule has 0 bridgehead atoms. The van der Waals surface area contributed by atoms with E-state index in [2.05, 4.69) is 31.4 Å². The molecule has 2 aromatic rings. The largest absolute Gasteiger partial charge is 0.378 e. The van der Waals surface area contributed by atoms with E-state index < -0.39 is 4.92 Å². The molecule has 2 rings (SSSR count). The second-order valence-electron chi connectivity index (χ2n) is 6.78. The molecule has 0 aliphatic heterocycles. The zero-order valence-electron chi connectivity index (χ0n) is 14.7. The van der Waals surface area contributed by atoms with Gasteiger partial charge >= 0.3 is 0 Å². The molecule has 2 N–H and O–H groups in total. The van der Waals surface area contributed by atoms with Crippen LogP contribution in [0.2, 0.25) is 0 Å². The average molecular weight is 341 g/mol. The van der Waals surface area contributed by atoms with Crippen molar-refractivity contribution in [1.82, 2.24) is 5.32 Å². The van der Waals surface area contributed by atoms with Crippen molar-refractivity contribution < 1.29 is 9.72 Å². The van der Waals surface area contributed by atoms with Gasteiger partial charge in [-0.1, -0.05) is 45.0 Å². The van der Waals surface area contributed by atoms with Gasteiger partial charge in [-0.15, -0.1) is 0 Å². The number of hydrogen-bond donors (Lipinski definition) is 2. The summed E-state index contributed by atoms with van der Waals surface area (Å²) in [6, 6.07) is 14.0. The molecular formula is C19H23N3O3. The molecule has 2 aromatic carbocycles. The molecule has 0 fully saturated rings. The fourth-order valence-corrected chi connectivity index (χ4v) is 2.38. The number of rotatable bonds is 6. The van der Waals surface area contributed by atoms with Crippen LogP contribution in [0.5, 0.6) is 0 Å². The molecule has 0 saturated heterocycles. The van der Waals surface area contributed by atoms with E-state index >= 15 is 0 Å². The van der Waals surface area contributed by atoms with Crippen molar-refractivity contribution >= 4 is 17.3 Å². The van der Waals surface area contributed by atoms with Gasteiger partial charge < -0.3 is 10.6 Å². The lowest BCUT2D eigenvalue weighted by molar-refractivity contribution is -0.384. The van der Waals surface area contributed by atoms with Crippen LogP contribution in [0.25, 0.3) is 0 Å². The van der Waals surface area contributed by atoms with E-state index in [1.807, 2.05) is 24.3 Å². The molecule has 132 valence electrons.